The Morgan fingerprint density at radius 2 is 2.20 bits per heavy atom. The maximum absolute atomic E-state index is 7.38. The first-order valence-corrected chi connectivity index (χ1v) is 10.5. The number of unbranched alkanes of at least 4 members (excludes halogenated alkanes) is 1. The molecule has 1 aliphatic carbocycles. The SMILES string of the molecule is CCCCOC(C)c1c[nH]c2nc(Nc3ccc(C=N)c(N)c3)nc(NC3CC3)c12. The summed E-state index contributed by atoms with van der Waals surface area (Å²) in [5, 5.41) is 15.1. The summed E-state index contributed by atoms with van der Waals surface area (Å²) in [6.45, 7) is 4.97. The van der Waals surface area contributed by atoms with Gasteiger partial charge in [0.15, 0.2) is 0 Å². The number of nitrogens with two attached hydrogens (primary N) is 1. The van der Waals surface area contributed by atoms with Gasteiger partial charge in [0.1, 0.15) is 11.5 Å². The number of ether oxygens (including phenoxy) is 1. The number of hydrogen-bond donors (Lipinski definition) is 5. The van der Waals surface area contributed by atoms with Gasteiger partial charge in [-0.05, 0) is 44.4 Å². The lowest BCUT2D eigenvalue weighted by molar-refractivity contribution is 0.0646. The van der Waals surface area contributed by atoms with Crippen molar-refractivity contribution >= 4 is 40.4 Å². The van der Waals surface area contributed by atoms with E-state index in [-0.39, 0.29) is 6.10 Å². The third kappa shape index (κ3) is 4.38. The van der Waals surface area contributed by atoms with E-state index in [0.717, 1.165) is 60.4 Å². The zero-order valence-electron chi connectivity index (χ0n) is 17.5. The number of aromatic amines is 1. The van der Waals surface area contributed by atoms with Gasteiger partial charge in [-0.3, -0.25) is 0 Å². The molecule has 8 nitrogen and oxygen atoms in total. The highest BCUT2D eigenvalue weighted by Crippen LogP contribution is 2.34. The average Bonchev–Trinajstić information content (AvgIpc) is 3.43. The van der Waals surface area contributed by atoms with Crippen molar-refractivity contribution in [2.75, 3.05) is 23.0 Å². The van der Waals surface area contributed by atoms with Crippen molar-refractivity contribution < 1.29 is 4.74 Å². The largest absolute Gasteiger partial charge is 0.398 e. The van der Waals surface area contributed by atoms with Crippen LogP contribution < -0.4 is 16.4 Å². The second-order valence-corrected chi connectivity index (χ2v) is 7.76. The Morgan fingerprint density at radius 3 is 2.90 bits per heavy atom. The van der Waals surface area contributed by atoms with E-state index in [2.05, 4.69) is 34.4 Å². The van der Waals surface area contributed by atoms with Crippen LogP contribution in [-0.2, 0) is 4.74 Å². The summed E-state index contributed by atoms with van der Waals surface area (Å²) in [6, 6.07) is 5.90. The molecule has 1 aromatic carbocycles. The third-order valence-electron chi connectivity index (χ3n) is 5.28. The van der Waals surface area contributed by atoms with E-state index >= 15 is 0 Å². The van der Waals surface area contributed by atoms with Crippen LogP contribution in [0.15, 0.2) is 24.4 Å². The van der Waals surface area contributed by atoms with Crippen LogP contribution in [0.25, 0.3) is 11.0 Å². The lowest BCUT2D eigenvalue weighted by Gasteiger charge is -2.15. The fraction of sp³-hybridized carbons (Fsp3) is 0.409. The number of aromatic nitrogens is 3. The van der Waals surface area contributed by atoms with Gasteiger partial charge in [0.25, 0.3) is 0 Å². The maximum atomic E-state index is 7.38. The summed E-state index contributed by atoms with van der Waals surface area (Å²) in [5.41, 5.74) is 9.82. The zero-order chi connectivity index (χ0) is 21.1. The van der Waals surface area contributed by atoms with E-state index in [1.807, 2.05) is 12.3 Å². The van der Waals surface area contributed by atoms with Gasteiger partial charge in [-0.25, -0.2) is 0 Å². The number of benzene rings is 1. The highest BCUT2D eigenvalue weighted by molar-refractivity contribution is 5.92. The summed E-state index contributed by atoms with van der Waals surface area (Å²) in [6.07, 6.45) is 7.62. The number of rotatable bonds is 10. The molecule has 30 heavy (non-hydrogen) atoms. The van der Waals surface area contributed by atoms with Crippen LogP contribution in [-0.4, -0.2) is 33.8 Å². The number of hydrogen-bond acceptors (Lipinski definition) is 7. The van der Waals surface area contributed by atoms with Crippen molar-refractivity contribution in [1.82, 2.24) is 15.0 Å². The molecule has 0 radical (unpaired) electrons. The van der Waals surface area contributed by atoms with Crippen LogP contribution in [0.1, 0.15) is 56.8 Å². The Balaban J connectivity index is 1.65. The molecule has 1 aliphatic rings. The molecular formula is C22H29N7O. The fourth-order valence-corrected chi connectivity index (χ4v) is 3.37. The van der Waals surface area contributed by atoms with Gasteiger partial charge in [0.2, 0.25) is 5.95 Å². The molecule has 1 saturated carbocycles. The molecule has 2 aromatic heterocycles. The van der Waals surface area contributed by atoms with Gasteiger partial charge in [-0.1, -0.05) is 13.3 Å². The average molecular weight is 408 g/mol. The molecule has 0 amide bonds. The fourth-order valence-electron chi connectivity index (χ4n) is 3.37. The lowest BCUT2D eigenvalue weighted by atomic mass is 10.1. The summed E-state index contributed by atoms with van der Waals surface area (Å²) < 4.78 is 6.02. The molecule has 4 rings (SSSR count). The molecule has 1 unspecified atom stereocenters. The van der Waals surface area contributed by atoms with E-state index in [9.17, 15) is 0 Å². The number of fused-ring (bicyclic) bond motifs is 1. The summed E-state index contributed by atoms with van der Waals surface area (Å²) >= 11 is 0. The number of nitrogens with one attached hydrogen (secondary N) is 4. The van der Waals surface area contributed by atoms with Crippen molar-refractivity contribution in [3.05, 3.63) is 35.5 Å². The van der Waals surface area contributed by atoms with E-state index in [1.54, 1.807) is 12.1 Å². The highest BCUT2D eigenvalue weighted by atomic mass is 16.5. The molecule has 2 heterocycles. The van der Waals surface area contributed by atoms with E-state index < -0.39 is 0 Å². The van der Waals surface area contributed by atoms with E-state index in [4.69, 9.17) is 20.9 Å². The summed E-state index contributed by atoms with van der Waals surface area (Å²) in [4.78, 5) is 12.7. The molecular weight excluding hydrogens is 378 g/mol. The molecule has 0 aliphatic heterocycles. The van der Waals surface area contributed by atoms with Crippen LogP contribution in [0.3, 0.4) is 0 Å². The van der Waals surface area contributed by atoms with Gasteiger partial charge in [0, 0.05) is 47.6 Å². The second kappa shape index (κ2) is 8.71. The molecule has 158 valence electrons. The second-order valence-electron chi connectivity index (χ2n) is 7.76. The Hall–Kier alpha value is -3.13. The van der Waals surface area contributed by atoms with Crippen molar-refractivity contribution in [2.45, 2.75) is 51.7 Å². The molecule has 0 saturated heterocycles. The van der Waals surface area contributed by atoms with Gasteiger partial charge >= 0.3 is 0 Å². The molecule has 1 fully saturated rings. The highest BCUT2D eigenvalue weighted by Gasteiger charge is 2.25. The Kier molecular flexibility index (Phi) is 5.85. The third-order valence-corrected chi connectivity index (χ3v) is 5.28. The van der Waals surface area contributed by atoms with Crippen LogP contribution in [0.5, 0.6) is 0 Å². The van der Waals surface area contributed by atoms with E-state index in [0.29, 0.717) is 23.2 Å². The van der Waals surface area contributed by atoms with Crippen molar-refractivity contribution in [2.24, 2.45) is 0 Å². The number of nitrogen functional groups attached to an aromatic ring is 1. The Labute approximate surface area is 176 Å². The Bertz CT molecular complexity index is 1040. The van der Waals surface area contributed by atoms with Gasteiger partial charge in [0.05, 0.1) is 11.5 Å². The Morgan fingerprint density at radius 1 is 1.37 bits per heavy atom. The molecule has 6 N–H and O–H groups in total. The molecule has 0 bridgehead atoms. The maximum Gasteiger partial charge on any atom is 0.231 e. The lowest BCUT2D eigenvalue weighted by Crippen LogP contribution is -2.08. The van der Waals surface area contributed by atoms with Crippen LogP contribution in [0.2, 0.25) is 0 Å². The van der Waals surface area contributed by atoms with Crippen molar-refractivity contribution in [3.8, 4) is 0 Å². The summed E-state index contributed by atoms with van der Waals surface area (Å²) in [5.74, 6) is 1.30. The van der Waals surface area contributed by atoms with Crippen LogP contribution >= 0.6 is 0 Å². The summed E-state index contributed by atoms with van der Waals surface area (Å²) in [7, 11) is 0. The molecule has 0 spiro atoms. The number of anilines is 4. The van der Waals surface area contributed by atoms with Crippen LogP contribution in [0, 0.1) is 5.41 Å². The van der Waals surface area contributed by atoms with Crippen molar-refractivity contribution in [3.63, 3.8) is 0 Å². The van der Waals surface area contributed by atoms with Gasteiger partial charge in [-0.2, -0.15) is 9.97 Å². The first-order chi connectivity index (χ1) is 14.6. The standard InChI is InChI=1S/C22H29N7O/c1-3-4-9-30-13(2)17-12-25-20-19(17)21(26-15-7-8-15)29-22(28-20)27-16-6-5-14(11-23)18(24)10-16/h5-6,10-13,15,23H,3-4,7-9,24H2,1-2H3,(H3,25,26,27,28,29). The topological polar surface area (TPSA) is 125 Å². The minimum absolute atomic E-state index is 0.0408. The predicted octanol–water partition coefficient (Wildman–Crippen LogP) is 4.73. The zero-order valence-corrected chi connectivity index (χ0v) is 17.5. The van der Waals surface area contributed by atoms with Crippen LogP contribution in [0.4, 0.5) is 23.1 Å². The molecule has 3 aromatic rings. The first-order valence-electron chi connectivity index (χ1n) is 10.5. The smallest absolute Gasteiger partial charge is 0.231 e. The first kappa shape index (κ1) is 20.2. The predicted molar refractivity (Wildman–Crippen MR) is 122 cm³/mol. The molecule has 1 atom stereocenters. The minimum Gasteiger partial charge on any atom is -0.398 e. The quantitative estimate of drug-likeness (QED) is 0.188. The molecule has 8 heteroatoms. The van der Waals surface area contributed by atoms with Gasteiger partial charge < -0.3 is 31.5 Å². The minimum atomic E-state index is -0.0408. The normalized spacial score (nSPS) is 14.6. The van der Waals surface area contributed by atoms with Crippen molar-refractivity contribution in [1.29, 1.82) is 5.41 Å². The number of H-pyrrole nitrogens is 1. The van der Waals surface area contributed by atoms with Gasteiger partial charge in [-0.15, -0.1) is 0 Å². The number of nitrogens with zero attached hydrogens (tertiary/aromatic N) is 2. The monoisotopic (exact) mass is 407 g/mol. The van der Waals surface area contributed by atoms with E-state index in [1.165, 1.54) is 6.21 Å².